The average molecular weight is 1960 g/mol. The molecule has 0 saturated carbocycles. The van der Waals surface area contributed by atoms with Gasteiger partial charge in [0.05, 0.1) is 37.0 Å². The second kappa shape index (κ2) is 62.3. The first kappa shape index (κ1) is 115. The van der Waals surface area contributed by atoms with Crippen LogP contribution in [0.25, 0.3) is 0 Å². The third kappa shape index (κ3) is 44.1. The topological polar surface area (TPSA) is 578 Å². The number of hydrogen-bond donors (Lipinski definition) is 14. The van der Waals surface area contributed by atoms with Gasteiger partial charge in [0, 0.05) is 125 Å². The lowest BCUT2D eigenvalue weighted by molar-refractivity contribution is -0.162. The summed E-state index contributed by atoms with van der Waals surface area (Å²) in [7, 11) is 3.97. The number of piperidine rings is 1. The number of carboxylic acid groups (broad SMARTS) is 4. The highest BCUT2D eigenvalue weighted by Gasteiger charge is 2.41. The van der Waals surface area contributed by atoms with Crippen LogP contribution in [0.5, 0.6) is 5.75 Å². The van der Waals surface area contributed by atoms with Crippen LogP contribution in [0.1, 0.15) is 228 Å². The zero-order valence-electron chi connectivity index (χ0n) is 78.7. The second-order valence-electron chi connectivity index (χ2n) is 34.6. The molecule has 1 aliphatic rings. The van der Waals surface area contributed by atoms with Gasteiger partial charge in [0.15, 0.2) is 36.0 Å². The number of carbonyl (C=O) groups excluding carboxylic acids is 14. The van der Waals surface area contributed by atoms with Gasteiger partial charge in [-0.15, -0.1) is 11.3 Å². The Morgan fingerprint density at radius 3 is 1.89 bits per heavy atom. The number of likely N-dealkylation sites (tertiary alicyclic amines) is 1. The van der Waals surface area contributed by atoms with Crippen LogP contribution in [-0.2, 0) is 105 Å². The first-order chi connectivity index (χ1) is 64.7. The SMILES string of the molecule is CCCC(=O)OCN(C(=O)[C@@H](CC(=O)[C@H]1CCCCN1C)C(C)CC)[C@H](C[C@@H](OC(C)=O)c1nc(C(=O)N[C@@H](Cc2ccc(O)cc2)C[C@H](C)C(=O)CNC(=O)OCCSSC[C@@H](CC(=O)[C@H](CC(=O)O)NC(=O)[C@@H](N)CNC(=O)[C@@H](CC(=O)[C@H](Cc2ccccc2)NC(=O)CCCCCCCNC(=O)CC[C@H](NC(=O)NCCCC(=O)O)C(=O)O)Cc2ccccc2)C(=O)O)cs1)C(C)C. The van der Waals surface area contributed by atoms with E-state index in [2.05, 4.69) is 47.5 Å². The molecule has 15 N–H and O–H groups in total. The molecule has 750 valence electrons. The van der Waals surface area contributed by atoms with E-state index in [-0.39, 0.29) is 154 Å². The van der Waals surface area contributed by atoms with E-state index in [9.17, 15) is 102 Å². The first-order valence-corrected chi connectivity index (χ1v) is 49.7. The molecule has 0 bridgehead atoms. The third-order valence-corrected chi connectivity index (χ3v) is 26.6. The average Bonchev–Trinajstić information content (AvgIpc) is 1.43. The summed E-state index contributed by atoms with van der Waals surface area (Å²) in [5.41, 5.74) is 8.25. The van der Waals surface area contributed by atoms with Gasteiger partial charge < -0.3 is 92.9 Å². The van der Waals surface area contributed by atoms with Crippen LogP contribution < -0.4 is 48.3 Å². The van der Waals surface area contributed by atoms with Crippen molar-refractivity contribution in [3.63, 3.8) is 0 Å². The van der Waals surface area contributed by atoms with Crippen LogP contribution in [-0.4, -0.2) is 254 Å². The van der Waals surface area contributed by atoms with Crippen LogP contribution in [0.4, 0.5) is 9.59 Å². The van der Waals surface area contributed by atoms with Gasteiger partial charge in [0.1, 0.15) is 35.1 Å². The molecule has 0 radical (unpaired) electrons. The lowest BCUT2D eigenvalue weighted by Gasteiger charge is -2.39. The minimum atomic E-state index is -1.77. The summed E-state index contributed by atoms with van der Waals surface area (Å²) in [6.45, 7) is 11.6. The predicted molar refractivity (Wildman–Crippen MR) is 508 cm³/mol. The number of unbranched alkanes of at least 4 members (excludes halogenated alkanes) is 4. The molecule has 4 aromatic rings. The van der Waals surface area contributed by atoms with Gasteiger partial charge in [-0.1, -0.05) is 168 Å². The monoisotopic (exact) mass is 1960 g/mol. The van der Waals surface area contributed by atoms with Crippen molar-refractivity contribution >= 4 is 139 Å². The zero-order chi connectivity index (χ0) is 100. The second-order valence-corrected chi connectivity index (χ2v) is 38.1. The fourth-order valence-corrected chi connectivity index (χ4v) is 18.3. The van der Waals surface area contributed by atoms with Gasteiger partial charge in [0.25, 0.3) is 5.91 Å². The predicted octanol–water partition coefficient (Wildman–Crippen LogP) is 8.61. The van der Waals surface area contributed by atoms with E-state index in [1.807, 2.05) is 46.6 Å². The number of aliphatic carboxylic acids is 4. The number of aromatic hydroxyl groups is 1. The molecule has 0 aliphatic carbocycles. The van der Waals surface area contributed by atoms with Crippen LogP contribution in [0.15, 0.2) is 90.3 Å². The molecule has 0 spiro atoms. The Morgan fingerprint density at radius 2 is 1.26 bits per heavy atom. The number of nitrogens with one attached hydrogen (secondary N) is 8. The summed E-state index contributed by atoms with van der Waals surface area (Å²) >= 11 is 1.03. The molecule has 136 heavy (non-hydrogen) atoms. The van der Waals surface area contributed by atoms with E-state index in [0.29, 0.717) is 74.6 Å². The summed E-state index contributed by atoms with van der Waals surface area (Å²) in [6.07, 6.45) is 2.44. The number of benzene rings is 3. The number of phenolic OH excluding ortho intramolecular Hbond substituents is 1. The van der Waals surface area contributed by atoms with Crippen molar-refractivity contribution in [2.45, 2.75) is 257 Å². The molecule has 13 atom stereocenters. The number of amides is 9. The number of rotatable bonds is 67. The van der Waals surface area contributed by atoms with Gasteiger partial charge >= 0.3 is 47.9 Å². The molecule has 2 heterocycles. The highest BCUT2D eigenvalue weighted by molar-refractivity contribution is 8.76. The summed E-state index contributed by atoms with van der Waals surface area (Å²) in [5, 5.41) is 70.6. The maximum atomic E-state index is 15.1. The molecule has 41 heteroatoms. The third-order valence-electron chi connectivity index (χ3n) is 23.3. The van der Waals surface area contributed by atoms with Crippen molar-refractivity contribution in [3.05, 3.63) is 118 Å². The smallest absolute Gasteiger partial charge is 0.407 e. The number of aromatic nitrogens is 1. The Hall–Kier alpha value is -11.4. The number of carboxylic acids is 4. The van der Waals surface area contributed by atoms with E-state index < -0.39 is 194 Å². The van der Waals surface area contributed by atoms with Gasteiger partial charge in [-0.05, 0) is 125 Å². The fraction of sp³-hybridized carbons (Fsp3) is 0.589. The van der Waals surface area contributed by atoms with Crippen molar-refractivity contribution in [2.24, 2.45) is 41.2 Å². The quantitative estimate of drug-likeness (QED) is 0.00646. The zero-order valence-corrected chi connectivity index (χ0v) is 81.2. The minimum absolute atomic E-state index is 0.0122. The largest absolute Gasteiger partial charge is 0.508 e. The molecule has 38 nitrogen and oxygen atoms in total. The molecular weight excluding hydrogens is 1820 g/mol. The normalized spacial score (nSPS) is 15.2. The number of ether oxygens (including phenoxy) is 3. The lowest BCUT2D eigenvalue weighted by atomic mass is 9.82. The number of hydrogen-bond acceptors (Lipinski definition) is 28. The van der Waals surface area contributed by atoms with Crippen molar-refractivity contribution in [3.8, 4) is 5.75 Å². The Balaban J connectivity index is 1.11. The number of Topliss-reactive ketones (excluding diaryl/α,β-unsaturated/α-hetero) is 4. The van der Waals surface area contributed by atoms with E-state index in [0.717, 1.165) is 52.3 Å². The Morgan fingerprint density at radius 1 is 0.610 bits per heavy atom. The number of ketones is 4. The highest BCUT2D eigenvalue weighted by atomic mass is 33.1. The summed E-state index contributed by atoms with van der Waals surface area (Å²) in [6, 6.07) is 15.4. The molecule has 1 aliphatic heterocycles. The van der Waals surface area contributed by atoms with Crippen LogP contribution in [0, 0.1) is 35.5 Å². The standard InChI is InChI=1S/C95H136N12O26S3/c1-9-25-86(120)132-57-107(91(124)69(59(5)10-2)50-79(112)75-30-21-23-41-106(75)8)76(58(3)4)52-81(133-61(7)108)90-104-74(56-134-90)89(123)101-67(46-64-33-35-68(109)36-34-64)44-60(6)80(113)54-100-95(130)131-42-43-135-136-55-66(92(125)126)49-78(111)73(51-85(118)119)103-88(122)70(96)53-99-87(121)65(45-62-26-16-14-17-27-62)48-77(110)72(47-63-28-18-15-19-29-63)102-83(115)31-20-12-11-13-22-39-97-82(114)38-37-71(93(127)128)105-94(129)98-40-24-32-84(116)117/h14-19,26-29,33-36,56,58-60,65-67,69-73,75-76,81,109H,9-13,20-25,30-32,37-55,57,96H2,1-8H3,(H,97,114)(H,99,121)(H,100,130)(H,101,123)(H,102,115)(H,103,122)(H,116,117)(H,118,119)(H,125,126)(H,127,128)(H2,98,105,129)/t59?,60-,65+,66+,67+,69-,70-,71-,72-,73-,75+,76+,81+/m0/s1. The summed E-state index contributed by atoms with van der Waals surface area (Å²) < 4.78 is 17.0. The number of nitrogens with two attached hydrogens (primary N) is 1. The molecule has 3 aromatic carbocycles. The van der Waals surface area contributed by atoms with Crippen LogP contribution in [0.3, 0.4) is 0 Å². The number of urea groups is 1. The minimum Gasteiger partial charge on any atom is -0.508 e. The van der Waals surface area contributed by atoms with Gasteiger partial charge in [-0.25, -0.2) is 19.4 Å². The van der Waals surface area contributed by atoms with E-state index in [1.165, 1.54) is 29.3 Å². The maximum absolute atomic E-state index is 15.1. The number of likely N-dealkylation sites (N-methyl/N-ethyl adjacent to an activating group) is 1. The number of thiazole rings is 1. The molecule has 1 fully saturated rings. The molecular formula is C95H136N12O26S3. The van der Waals surface area contributed by atoms with Gasteiger partial charge in [0.2, 0.25) is 29.5 Å². The van der Waals surface area contributed by atoms with Gasteiger partial charge in [-0.3, -0.25) is 76.8 Å². The number of phenols is 1. The number of carbonyl (C=O) groups is 18. The summed E-state index contributed by atoms with van der Waals surface area (Å²) in [4.78, 5) is 245. The molecule has 9 amide bonds. The van der Waals surface area contributed by atoms with Gasteiger partial charge in [-0.2, -0.15) is 0 Å². The molecule has 1 saturated heterocycles. The van der Waals surface area contributed by atoms with E-state index in [4.69, 9.17) is 25.1 Å². The lowest BCUT2D eigenvalue weighted by Crippen LogP contribution is -2.53. The highest BCUT2D eigenvalue weighted by Crippen LogP contribution is 2.35. The van der Waals surface area contributed by atoms with Crippen LogP contribution >= 0.6 is 32.9 Å². The van der Waals surface area contributed by atoms with Crippen molar-refractivity contribution in [1.82, 2.24) is 57.3 Å². The Bertz CT molecular complexity index is 4570. The number of esters is 2. The van der Waals surface area contributed by atoms with Crippen molar-refractivity contribution in [1.29, 1.82) is 0 Å². The molecule has 5 rings (SSSR count). The van der Waals surface area contributed by atoms with Crippen molar-refractivity contribution in [2.75, 3.05) is 64.6 Å². The van der Waals surface area contributed by atoms with E-state index in [1.54, 1.807) is 79.7 Å². The van der Waals surface area contributed by atoms with Crippen molar-refractivity contribution < 1.29 is 126 Å². The number of alkyl carbamates (subject to hydrolysis) is 1. The Labute approximate surface area is 805 Å². The molecule has 1 aromatic heterocycles. The first-order valence-electron chi connectivity index (χ1n) is 46.3. The maximum Gasteiger partial charge on any atom is 0.407 e. The Kier molecular flexibility index (Phi) is 52.7. The fourth-order valence-electron chi connectivity index (χ4n) is 15.3. The van der Waals surface area contributed by atoms with E-state index >= 15 is 4.79 Å². The van der Waals surface area contributed by atoms with Crippen LogP contribution in [0.2, 0.25) is 0 Å². The summed E-state index contributed by atoms with van der Waals surface area (Å²) in [5.74, 6) is -16.9. The number of nitrogens with zero attached hydrogens (tertiary/aromatic N) is 3. The molecule has 1 unspecified atom stereocenters.